The van der Waals surface area contributed by atoms with Crippen molar-refractivity contribution in [2.75, 3.05) is 6.61 Å². The van der Waals surface area contributed by atoms with E-state index in [4.69, 9.17) is 4.74 Å². The average Bonchev–Trinajstić information content (AvgIpc) is 2.89. The number of carbonyl (C=O) groups is 1. The summed E-state index contributed by atoms with van der Waals surface area (Å²) in [4.78, 5) is 11.6. The molecule has 1 heterocycles. The Morgan fingerprint density at radius 2 is 2.11 bits per heavy atom. The van der Waals surface area contributed by atoms with Crippen LogP contribution in [0.5, 0.6) is 0 Å². The monoisotopic (exact) mass is 259 g/mol. The van der Waals surface area contributed by atoms with Crippen LogP contribution in [0.1, 0.15) is 35.8 Å². The molecule has 1 aromatic carbocycles. The lowest BCUT2D eigenvalue weighted by atomic mass is 10.2. The van der Waals surface area contributed by atoms with Crippen molar-refractivity contribution in [2.24, 2.45) is 0 Å². The summed E-state index contributed by atoms with van der Waals surface area (Å²) in [5, 5.41) is 7.76. The lowest BCUT2D eigenvalue weighted by molar-refractivity contribution is 0.0492. The van der Waals surface area contributed by atoms with Gasteiger partial charge in [0, 0.05) is 0 Å². The van der Waals surface area contributed by atoms with Gasteiger partial charge in [-0.3, -0.25) is 0 Å². The maximum absolute atomic E-state index is 11.6. The smallest absolute Gasteiger partial charge is 0.360 e. The summed E-state index contributed by atoms with van der Waals surface area (Å²) in [5.74, 6) is -0.409. The number of nitrogens with zero attached hydrogens (tertiary/aromatic N) is 3. The normalized spacial score (nSPS) is 10.4. The fourth-order valence-electron chi connectivity index (χ4n) is 1.62. The summed E-state index contributed by atoms with van der Waals surface area (Å²) in [6.45, 7) is 3.07. The molecule has 100 valence electrons. The Morgan fingerprint density at radius 3 is 2.84 bits per heavy atom. The van der Waals surface area contributed by atoms with Crippen molar-refractivity contribution in [2.45, 2.75) is 26.3 Å². The minimum atomic E-state index is -0.409. The van der Waals surface area contributed by atoms with Gasteiger partial charge in [-0.25, -0.2) is 9.48 Å². The zero-order chi connectivity index (χ0) is 13.5. The summed E-state index contributed by atoms with van der Waals surface area (Å²) in [7, 11) is 0. The lowest BCUT2D eigenvalue weighted by Gasteiger charge is -2.00. The number of benzene rings is 1. The van der Waals surface area contributed by atoms with Gasteiger partial charge in [0.05, 0.1) is 19.3 Å². The first-order valence-corrected chi connectivity index (χ1v) is 6.40. The number of aromatic nitrogens is 3. The third kappa shape index (κ3) is 3.91. The Morgan fingerprint density at radius 1 is 1.32 bits per heavy atom. The molecule has 0 radical (unpaired) electrons. The van der Waals surface area contributed by atoms with Crippen LogP contribution in [0.4, 0.5) is 0 Å². The Hall–Kier alpha value is -2.17. The number of esters is 1. The molecule has 0 saturated heterocycles. The van der Waals surface area contributed by atoms with E-state index in [-0.39, 0.29) is 5.69 Å². The highest BCUT2D eigenvalue weighted by molar-refractivity contribution is 5.86. The Labute approximate surface area is 112 Å². The highest BCUT2D eigenvalue weighted by Crippen LogP contribution is 2.03. The van der Waals surface area contributed by atoms with Crippen LogP contribution < -0.4 is 0 Å². The first kappa shape index (κ1) is 13.3. The van der Waals surface area contributed by atoms with E-state index in [2.05, 4.69) is 10.3 Å². The molecule has 5 nitrogen and oxygen atoms in total. The summed E-state index contributed by atoms with van der Waals surface area (Å²) in [6, 6.07) is 9.89. The van der Waals surface area contributed by atoms with Crippen LogP contribution in [0.3, 0.4) is 0 Å². The number of ether oxygens (including phenoxy) is 1. The van der Waals surface area contributed by atoms with Crippen LogP contribution >= 0.6 is 0 Å². The second-order valence-electron chi connectivity index (χ2n) is 4.28. The minimum absolute atomic E-state index is 0.257. The van der Waals surface area contributed by atoms with E-state index in [1.807, 2.05) is 37.3 Å². The van der Waals surface area contributed by atoms with Crippen molar-refractivity contribution in [1.29, 1.82) is 0 Å². The number of hydrogen-bond acceptors (Lipinski definition) is 4. The molecule has 0 aliphatic heterocycles. The Kier molecular flexibility index (Phi) is 4.66. The second-order valence-corrected chi connectivity index (χ2v) is 4.28. The van der Waals surface area contributed by atoms with Crippen LogP contribution in [0.25, 0.3) is 0 Å². The van der Waals surface area contributed by atoms with E-state index in [1.165, 1.54) is 0 Å². The van der Waals surface area contributed by atoms with Crippen molar-refractivity contribution >= 4 is 5.97 Å². The van der Waals surface area contributed by atoms with Gasteiger partial charge in [-0.15, -0.1) is 5.10 Å². The van der Waals surface area contributed by atoms with Crippen molar-refractivity contribution in [1.82, 2.24) is 15.0 Å². The Bertz CT molecular complexity index is 522. The van der Waals surface area contributed by atoms with Crippen LogP contribution in [-0.4, -0.2) is 27.6 Å². The molecular weight excluding hydrogens is 242 g/mol. The average molecular weight is 259 g/mol. The van der Waals surface area contributed by atoms with Gasteiger partial charge in [0.15, 0.2) is 5.69 Å². The molecular formula is C14H17N3O2. The van der Waals surface area contributed by atoms with E-state index in [0.717, 1.165) is 18.4 Å². The largest absolute Gasteiger partial charge is 0.461 e. The molecule has 0 N–H and O–H groups in total. The van der Waals surface area contributed by atoms with Gasteiger partial charge in [0.2, 0.25) is 0 Å². The van der Waals surface area contributed by atoms with Gasteiger partial charge in [-0.1, -0.05) is 48.9 Å². The SMILES string of the molecule is CCCCOC(=O)c1cn(Cc2ccccc2)nn1. The molecule has 0 bridgehead atoms. The quantitative estimate of drug-likeness (QED) is 0.590. The van der Waals surface area contributed by atoms with E-state index in [0.29, 0.717) is 13.2 Å². The number of hydrogen-bond donors (Lipinski definition) is 0. The molecule has 0 atom stereocenters. The van der Waals surface area contributed by atoms with Crippen molar-refractivity contribution < 1.29 is 9.53 Å². The number of unbranched alkanes of at least 4 members (excludes halogenated alkanes) is 1. The third-order valence-corrected chi connectivity index (χ3v) is 2.67. The molecule has 2 rings (SSSR count). The summed E-state index contributed by atoms with van der Waals surface area (Å²) in [5.41, 5.74) is 1.37. The van der Waals surface area contributed by atoms with E-state index in [1.54, 1.807) is 10.9 Å². The van der Waals surface area contributed by atoms with Gasteiger partial charge in [0.1, 0.15) is 0 Å². The third-order valence-electron chi connectivity index (χ3n) is 2.67. The summed E-state index contributed by atoms with van der Waals surface area (Å²) in [6.07, 6.45) is 3.47. The fraction of sp³-hybridized carbons (Fsp3) is 0.357. The zero-order valence-electron chi connectivity index (χ0n) is 11.0. The van der Waals surface area contributed by atoms with Gasteiger partial charge in [-0.2, -0.15) is 0 Å². The summed E-state index contributed by atoms with van der Waals surface area (Å²) < 4.78 is 6.71. The van der Waals surface area contributed by atoms with Crippen LogP contribution in [0.2, 0.25) is 0 Å². The van der Waals surface area contributed by atoms with Gasteiger partial charge in [0.25, 0.3) is 0 Å². The maximum atomic E-state index is 11.6. The number of rotatable bonds is 6. The van der Waals surface area contributed by atoms with Gasteiger partial charge >= 0.3 is 5.97 Å². The van der Waals surface area contributed by atoms with Gasteiger partial charge in [-0.05, 0) is 12.0 Å². The van der Waals surface area contributed by atoms with Crippen LogP contribution in [0.15, 0.2) is 36.5 Å². The fourth-order valence-corrected chi connectivity index (χ4v) is 1.62. The van der Waals surface area contributed by atoms with Gasteiger partial charge < -0.3 is 4.74 Å². The molecule has 0 spiro atoms. The number of carbonyl (C=O) groups excluding carboxylic acids is 1. The maximum Gasteiger partial charge on any atom is 0.360 e. The van der Waals surface area contributed by atoms with Crippen LogP contribution in [-0.2, 0) is 11.3 Å². The molecule has 5 heteroatoms. The van der Waals surface area contributed by atoms with E-state index in [9.17, 15) is 4.79 Å². The molecule has 0 amide bonds. The Balaban J connectivity index is 1.93. The van der Waals surface area contributed by atoms with E-state index >= 15 is 0 Å². The standard InChI is InChI=1S/C14H17N3O2/c1-2-3-9-19-14(18)13-11-17(16-15-13)10-12-7-5-4-6-8-12/h4-8,11H,2-3,9-10H2,1H3. The highest BCUT2D eigenvalue weighted by Gasteiger charge is 2.11. The topological polar surface area (TPSA) is 57.0 Å². The molecule has 0 aliphatic carbocycles. The highest BCUT2D eigenvalue weighted by atomic mass is 16.5. The predicted molar refractivity (Wildman–Crippen MR) is 70.8 cm³/mol. The first-order chi connectivity index (χ1) is 9.29. The van der Waals surface area contributed by atoms with Crippen molar-refractivity contribution in [3.63, 3.8) is 0 Å². The zero-order valence-corrected chi connectivity index (χ0v) is 11.0. The van der Waals surface area contributed by atoms with Crippen LogP contribution in [0, 0.1) is 0 Å². The molecule has 0 unspecified atom stereocenters. The molecule has 19 heavy (non-hydrogen) atoms. The minimum Gasteiger partial charge on any atom is -0.461 e. The van der Waals surface area contributed by atoms with Crippen molar-refractivity contribution in [3.05, 3.63) is 47.8 Å². The molecule has 0 fully saturated rings. The molecule has 2 aromatic rings. The predicted octanol–water partition coefficient (Wildman–Crippen LogP) is 2.28. The van der Waals surface area contributed by atoms with Crippen molar-refractivity contribution in [3.8, 4) is 0 Å². The molecule has 0 aliphatic rings. The second kappa shape index (κ2) is 6.68. The lowest BCUT2D eigenvalue weighted by Crippen LogP contribution is -2.06. The molecule has 1 aromatic heterocycles. The first-order valence-electron chi connectivity index (χ1n) is 6.40. The molecule has 0 saturated carbocycles. The summed E-state index contributed by atoms with van der Waals surface area (Å²) >= 11 is 0. The van der Waals surface area contributed by atoms with E-state index < -0.39 is 5.97 Å².